The number of aliphatic hydroxyl groups excluding tert-OH is 1. The standard InChI is InChI=1S/C20H23FN4O/c21-16-6-2-1-5-15(16)19(26)13-24-9-11-25(12-10-24)14-20-22-17-7-3-4-8-18(17)23-20/h1-8,19,26H,9-14H2,(H,22,23). The average molecular weight is 354 g/mol. The summed E-state index contributed by atoms with van der Waals surface area (Å²) >= 11 is 0. The first-order chi connectivity index (χ1) is 12.7. The van der Waals surface area contributed by atoms with E-state index in [4.69, 9.17) is 0 Å². The van der Waals surface area contributed by atoms with Gasteiger partial charge in [0.05, 0.1) is 23.7 Å². The predicted octanol–water partition coefficient (Wildman–Crippen LogP) is 2.55. The average Bonchev–Trinajstić information content (AvgIpc) is 3.06. The van der Waals surface area contributed by atoms with Gasteiger partial charge < -0.3 is 10.1 Å². The summed E-state index contributed by atoms with van der Waals surface area (Å²) in [5.74, 6) is 0.634. The minimum atomic E-state index is -0.793. The van der Waals surface area contributed by atoms with E-state index in [1.165, 1.54) is 6.07 Å². The highest BCUT2D eigenvalue weighted by Gasteiger charge is 2.22. The summed E-state index contributed by atoms with van der Waals surface area (Å²) in [5.41, 5.74) is 2.43. The van der Waals surface area contributed by atoms with E-state index in [2.05, 4.69) is 19.8 Å². The first-order valence-corrected chi connectivity index (χ1v) is 9.00. The van der Waals surface area contributed by atoms with Crippen molar-refractivity contribution in [3.05, 3.63) is 65.7 Å². The number of imidazole rings is 1. The molecule has 3 aromatic rings. The zero-order valence-corrected chi connectivity index (χ0v) is 14.6. The molecule has 2 heterocycles. The minimum absolute atomic E-state index is 0.344. The number of piperazine rings is 1. The molecule has 0 aliphatic carbocycles. The molecule has 1 aromatic heterocycles. The predicted molar refractivity (Wildman–Crippen MR) is 99.2 cm³/mol. The van der Waals surface area contributed by atoms with Gasteiger partial charge in [-0.1, -0.05) is 30.3 Å². The van der Waals surface area contributed by atoms with Crippen LogP contribution in [0.25, 0.3) is 11.0 Å². The van der Waals surface area contributed by atoms with Gasteiger partial charge in [0.15, 0.2) is 0 Å². The summed E-state index contributed by atoms with van der Waals surface area (Å²) in [5, 5.41) is 10.3. The molecule has 1 fully saturated rings. The Kier molecular flexibility index (Phi) is 4.97. The molecule has 1 aliphatic rings. The number of hydrogen-bond acceptors (Lipinski definition) is 4. The van der Waals surface area contributed by atoms with Crippen molar-refractivity contribution in [2.24, 2.45) is 0 Å². The van der Waals surface area contributed by atoms with Crippen LogP contribution in [0.5, 0.6) is 0 Å². The lowest BCUT2D eigenvalue weighted by Crippen LogP contribution is -2.47. The second-order valence-electron chi connectivity index (χ2n) is 6.81. The van der Waals surface area contributed by atoms with Gasteiger partial charge in [-0.25, -0.2) is 9.37 Å². The second-order valence-corrected chi connectivity index (χ2v) is 6.81. The number of aromatic nitrogens is 2. The van der Waals surface area contributed by atoms with Crippen molar-refractivity contribution in [2.45, 2.75) is 12.6 Å². The second kappa shape index (κ2) is 7.53. The van der Waals surface area contributed by atoms with Crippen molar-refractivity contribution in [1.82, 2.24) is 19.8 Å². The molecule has 1 unspecified atom stereocenters. The van der Waals surface area contributed by atoms with Crippen LogP contribution in [0.15, 0.2) is 48.5 Å². The zero-order chi connectivity index (χ0) is 17.9. The van der Waals surface area contributed by atoms with E-state index >= 15 is 0 Å². The smallest absolute Gasteiger partial charge is 0.129 e. The Morgan fingerprint density at radius 2 is 1.69 bits per heavy atom. The minimum Gasteiger partial charge on any atom is -0.387 e. The molecule has 0 spiro atoms. The third-order valence-electron chi connectivity index (χ3n) is 4.97. The summed E-state index contributed by atoms with van der Waals surface area (Å²) in [4.78, 5) is 12.5. The highest BCUT2D eigenvalue weighted by molar-refractivity contribution is 5.74. The number of hydrogen-bond donors (Lipinski definition) is 2. The molecule has 1 aliphatic heterocycles. The fraction of sp³-hybridized carbons (Fsp3) is 0.350. The van der Waals surface area contributed by atoms with Crippen LogP contribution in [-0.4, -0.2) is 57.6 Å². The lowest BCUT2D eigenvalue weighted by molar-refractivity contribution is 0.0678. The van der Waals surface area contributed by atoms with Gasteiger partial charge in [0.2, 0.25) is 0 Å². The molecular formula is C20H23FN4O. The van der Waals surface area contributed by atoms with Crippen LogP contribution in [0, 0.1) is 5.82 Å². The first-order valence-electron chi connectivity index (χ1n) is 9.00. The molecule has 0 saturated carbocycles. The largest absolute Gasteiger partial charge is 0.387 e. The highest BCUT2D eigenvalue weighted by Crippen LogP contribution is 2.19. The van der Waals surface area contributed by atoms with Crippen molar-refractivity contribution < 1.29 is 9.50 Å². The number of aliphatic hydroxyl groups is 1. The number of para-hydroxylation sites is 2. The van der Waals surface area contributed by atoms with E-state index in [0.717, 1.165) is 49.6 Å². The van der Waals surface area contributed by atoms with Crippen molar-refractivity contribution in [3.8, 4) is 0 Å². The summed E-state index contributed by atoms with van der Waals surface area (Å²) < 4.78 is 13.8. The van der Waals surface area contributed by atoms with E-state index < -0.39 is 6.10 Å². The van der Waals surface area contributed by atoms with Gasteiger partial charge in [0.25, 0.3) is 0 Å². The monoisotopic (exact) mass is 354 g/mol. The lowest BCUT2D eigenvalue weighted by atomic mass is 10.1. The Morgan fingerprint density at radius 3 is 2.46 bits per heavy atom. The molecule has 2 N–H and O–H groups in total. The third kappa shape index (κ3) is 3.77. The number of β-amino-alcohol motifs (C(OH)–C–C–N with tert-alkyl or cyclic N) is 1. The van der Waals surface area contributed by atoms with E-state index in [9.17, 15) is 9.50 Å². The Balaban J connectivity index is 1.30. The number of nitrogens with zero attached hydrogens (tertiary/aromatic N) is 3. The topological polar surface area (TPSA) is 55.4 Å². The van der Waals surface area contributed by atoms with Crippen LogP contribution in [0.1, 0.15) is 17.5 Å². The number of rotatable bonds is 5. The van der Waals surface area contributed by atoms with Crippen molar-refractivity contribution >= 4 is 11.0 Å². The maximum atomic E-state index is 13.8. The summed E-state index contributed by atoms with van der Waals surface area (Å²) in [6.45, 7) is 4.76. The van der Waals surface area contributed by atoms with Gasteiger partial charge in [0, 0.05) is 38.3 Å². The molecule has 136 valence electrons. The molecule has 0 bridgehead atoms. The van der Waals surface area contributed by atoms with Gasteiger partial charge in [-0.15, -0.1) is 0 Å². The molecule has 1 atom stereocenters. The molecule has 2 aromatic carbocycles. The van der Waals surface area contributed by atoms with Gasteiger partial charge in [0.1, 0.15) is 11.6 Å². The number of aromatic amines is 1. The Bertz CT molecular complexity index is 840. The molecule has 0 radical (unpaired) electrons. The fourth-order valence-electron chi connectivity index (χ4n) is 3.51. The lowest BCUT2D eigenvalue weighted by Gasteiger charge is -2.35. The highest BCUT2D eigenvalue weighted by atomic mass is 19.1. The Hall–Kier alpha value is -2.28. The quantitative estimate of drug-likeness (QED) is 0.739. The molecule has 4 rings (SSSR count). The van der Waals surface area contributed by atoms with Gasteiger partial charge >= 0.3 is 0 Å². The summed E-state index contributed by atoms with van der Waals surface area (Å²) in [7, 11) is 0. The van der Waals surface area contributed by atoms with Gasteiger partial charge in [-0.2, -0.15) is 0 Å². The van der Waals surface area contributed by atoms with Crippen molar-refractivity contribution in [1.29, 1.82) is 0 Å². The fourth-order valence-corrected chi connectivity index (χ4v) is 3.51. The molecule has 0 amide bonds. The third-order valence-corrected chi connectivity index (χ3v) is 4.97. The first kappa shape index (κ1) is 17.1. The van der Waals surface area contributed by atoms with Crippen LogP contribution in [0.2, 0.25) is 0 Å². The Morgan fingerprint density at radius 1 is 1.00 bits per heavy atom. The number of benzene rings is 2. The molecular weight excluding hydrogens is 331 g/mol. The molecule has 5 nitrogen and oxygen atoms in total. The van der Waals surface area contributed by atoms with Crippen molar-refractivity contribution in [3.63, 3.8) is 0 Å². The maximum absolute atomic E-state index is 13.8. The van der Waals surface area contributed by atoms with Gasteiger partial charge in [-0.05, 0) is 18.2 Å². The summed E-state index contributed by atoms with van der Waals surface area (Å²) in [6, 6.07) is 14.5. The molecule has 26 heavy (non-hydrogen) atoms. The molecule has 6 heteroatoms. The van der Waals surface area contributed by atoms with Gasteiger partial charge in [-0.3, -0.25) is 9.80 Å². The van der Waals surface area contributed by atoms with Crippen LogP contribution >= 0.6 is 0 Å². The zero-order valence-electron chi connectivity index (χ0n) is 14.6. The van der Waals surface area contributed by atoms with Crippen LogP contribution in [0.4, 0.5) is 4.39 Å². The van der Waals surface area contributed by atoms with E-state index in [1.54, 1.807) is 18.2 Å². The number of H-pyrrole nitrogens is 1. The van der Waals surface area contributed by atoms with Crippen LogP contribution in [0.3, 0.4) is 0 Å². The summed E-state index contributed by atoms with van der Waals surface area (Å²) in [6.07, 6.45) is -0.793. The van der Waals surface area contributed by atoms with E-state index in [-0.39, 0.29) is 5.82 Å². The van der Waals surface area contributed by atoms with Crippen LogP contribution < -0.4 is 0 Å². The van der Waals surface area contributed by atoms with E-state index in [0.29, 0.717) is 12.1 Å². The molecule has 1 saturated heterocycles. The maximum Gasteiger partial charge on any atom is 0.129 e. The van der Waals surface area contributed by atoms with Crippen LogP contribution in [-0.2, 0) is 6.54 Å². The normalized spacial score (nSPS) is 17.6. The van der Waals surface area contributed by atoms with E-state index in [1.807, 2.05) is 24.3 Å². The number of fused-ring (bicyclic) bond motifs is 1. The number of halogens is 1. The Labute approximate surface area is 152 Å². The van der Waals surface area contributed by atoms with Crippen molar-refractivity contribution in [2.75, 3.05) is 32.7 Å². The SMILES string of the molecule is OC(CN1CCN(Cc2nc3ccccc3[nH]2)CC1)c1ccccc1F. The number of nitrogens with one attached hydrogen (secondary N) is 1.